The molecule has 4 nitrogen and oxygen atoms in total. The Balaban J connectivity index is 1.93. The minimum absolute atomic E-state index is 0.0973. The number of aryl methyl sites for hydroxylation is 1. The van der Waals surface area contributed by atoms with Crippen molar-refractivity contribution in [3.05, 3.63) is 68.7 Å². The van der Waals surface area contributed by atoms with Gasteiger partial charge in [-0.2, -0.15) is 18.2 Å². The number of hydroxylamine groups is 2. The number of benzene rings is 2. The lowest BCUT2D eigenvalue weighted by atomic mass is 9.85. The van der Waals surface area contributed by atoms with Crippen LogP contribution in [0.3, 0.4) is 0 Å². The van der Waals surface area contributed by atoms with E-state index in [9.17, 15) is 18.0 Å². The van der Waals surface area contributed by atoms with Crippen LogP contribution >= 0.6 is 23.2 Å². The molecule has 3 rings (SSSR count). The first-order valence-electron chi connectivity index (χ1n) is 10.3. The van der Waals surface area contributed by atoms with Gasteiger partial charge in [-0.1, -0.05) is 48.7 Å². The number of halogens is 5. The summed E-state index contributed by atoms with van der Waals surface area (Å²) in [4.78, 5) is 17.9. The summed E-state index contributed by atoms with van der Waals surface area (Å²) in [7, 11) is 1.46. The maximum absolute atomic E-state index is 14.3. The molecule has 2 aromatic carbocycles. The third-order valence-electron chi connectivity index (χ3n) is 5.70. The van der Waals surface area contributed by atoms with Gasteiger partial charge in [0.25, 0.3) is 5.91 Å². The highest BCUT2D eigenvalue weighted by molar-refractivity contribution is 6.34. The number of alkyl halides is 3. The molecular formula is C23H25Cl2F3N2O2. The molecule has 0 bridgehead atoms. The van der Waals surface area contributed by atoms with Crippen LogP contribution in [-0.4, -0.2) is 30.7 Å². The molecule has 0 aliphatic carbocycles. The number of carbonyl (C=O) groups excluding carboxylic acids is 1. The summed E-state index contributed by atoms with van der Waals surface area (Å²) < 4.78 is 43.0. The highest BCUT2D eigenvalue weighted by Crippen LogP contribution is 2.54. The third-order valence-corrected chi connectivity index (χ3v) is 6.14. The lowest BCUT2D eigenvalue weighted by molar-refractivity contribution is -0.322. The predicted octanol–water partition coefficient (Wildman–Crippen LogP) is 6.60. The molecule has 174 valence electrons. The maximum Gasteiger partial charge on any atom is 0.423 e. The molecule has 1 saturated heterocycles. The Hall–Kier alpha value is -1.80. The predicted molar refractivity (Wildman–Crippen MR) is 119 cm³/mol. The first kappa shape index (κ1) is 24.8. The van der Waals surface area contributed by atoms with Gasteiger partial charge in [0.2, 0.25) is 5.60 Å². The van der Waals surface area contributed by atoms with Crippen LogP contribution in [0.5, 0.6) is 0 Å². The number of carbonyl (C=O) groups is 1. The molecule has 9 heteroatoms. The van der Waals surface area contributed by atoms with Crippen LogP contribution in [-0.2, 0) is 10.4 Å². The minimum atomic E-state index is -4.71. The van der Waals surface area contributed by atoms with E-state index in [0.717, 1.165) is 12.8 Å². The highest BCUT2D eigenvalue weighted by Gasteiger charge is 2.63. The molecule has 0 saturated carbocycles. The van der Waals surface area contributed by atoms with E-state index in [2.05, 4.69) is 5.32 Å². The Kier molecular flexibility index (Phi) is 7.44. The van der Waals surface area contributed by atoms with Crippen molar-refractivity contribution < 1.29 is 22.8 Å². The summed E-state index contributed by atoms with van der Waals surface area (Å²) in [6.45, 7) is 4.37. The third kappa shape index (κ3) is 4.91. The Morgan fingerprint density at radius 1 is 1.22 bits per heavy atom. The lowest BCUT2D eigenvalue weighted by Gasteiger charge is -2.31. The number of nitrogens with zero attached hydrogens (tertiary/aromatic N) is 1. The van der Waals surface area contributed by atoms with Gasteiger partial charge in [-0.25, -0.2) is 0 Å². The standard InChI is InChI=1S/C23H25Cl2F3N2O2/c1-4-5-8-29-21(31)19-7-6-15(9-14(19)2)20-13-22(23(26,27)28,32-30(20)3)16-10-17(24)12-18(25)11-16/h6-7,9-12,20H,4-5,8,13H2,1-3H3,(H,29,31). The van der Waals surface area contributed by atoms with Gasteiger partial charge in [0.05, 0.1) is 6.04 Å². The van der Waals surface area contributed by atoms with Gasteiger partial charge in [-0.3, -0.25) is 9.63 Å². The SMILES string of the molecule is CCCCNC(=O)c1ccc(C2CC(c3cc(Cl)cc(Cl)c3)(C(F)(F)F)ON2C)cc1C. The van der Waals surface area contributed by atoms with Gasteiger partial charge >= 0.3 is 6.18 Å². The molecule has 1 aliphatic rings. The highest BCUT2D eigenvalue weighted by atomic mass is 35.5. The Bertz CT molecular complexity index is 979. The average molecular weight is 489 g/mol. The fourth-order valence-corrected chi connectivity index (χ4v) is 4.51. The van der Waals surface area contributed by atoms with Crippen molar-refractivity contribution in [3.8, 4) is 0 Å². The molecule has 2 unspecified atom stereocenters. The molecular weight excluding hydrogens is 464 g/mol. The number of hydrogen-bond donors (Lipinski definition) is 1. The molecule has 1 fully saturated rings. The van der Waals surface area contributed by atoms with Crippen LogP contribution in [0.4, 0.5) is 13.2 Å². The molecule has 32 heavy (non-hydrogen) atoms. The van der Waals surface area contributed by atoms with E-state index in [1.54, 1.807) is 25.1 Å². The smallest absolute Gasteiger partial charge is 0.352 e. The van der Waals surface area contributed by atoms with E-state index < -0.39 is 17.8 Å². The van der Waals surface area contributed by atoms with Gasteiger partial charge in [0.1, 0.15) is 0 Å². The zero-order chi connectivity index (χ0) is 23.7. The van der Waals surface area contributed by atoms with Gasteiger partial charge in [-0.15, -0.1) is 0 Å². The Morgan fingerprint density at radius 3 is 2.44 bits per heavy atom. The average Bonchev–Trinajstić information content (AvgIpc) is 3.06. The Morgan fingerprint density at radius 2 is 1.88 bits per heavy atom. The van der Waals surface area contributed by atoms with E-state index >= 15 is 0 Å². The van der Waals surface area contributed by atoms with Crippen LogP contribution < -0.4 is 5.32 Å². The molecule has 1 heterocycles. The minimum Gasteiger partial charge on any atom is -0.352 e. The van der Waals surface area contributed by atoms with Crippen molar-refractivity contribution in [1.29, 1.82) is 0 Å². The van der Waals surface area contributed by atoms with Crippen molar-refractivity contribution in [1.82, 2.24) is 10.4 Å². The van der Waals surface area contributed by atoms with Crippen molar-refractivity contribution in [2.45, 2.75) is 50.9 Å². The van der Waals surface area contributed by atoms with Crippen LogP contribution in [0.15, 0.2) is 36.4 Å². The second kappa shape index (κ2) is 9.59. The number of rotatable bonds is 6. The summed E-state index contributed by atoms with van der Waals surface area (Å²) in [5.74, 6) is -0.197. The molecule has 0 spiro atoms. The second-order valence-corrected chi connectivity index (χ2v) is 8.90. The number of hydrogen-bond acceptors (Lipinski definition) is 3. The van der Waals surface area contributed by atoms with E-state index in [4.69, 9.17) is 28.0 Å². The summed E-state index contributed by atoms with van der Waals surface area (Å²) in [5, 5.41) is 4.26. The number of unbranched alkanes of at least 4 members (excludes halogenated alkanes) is 1. The van der Waals surface area contributed by atoms with Crippen LogP contribution in [0.2, 0.25) is 10.0 Å². The van der Waals surface area contributed by atoms with Gasteiger partial charge in [0.15, 0.2) is 0 Å². The summed E-state index contributed by atoms with van der Waals surface area (Å²) >= 11 is 12.0. The second-order valence-electron chi connectivity index (χ2n) is 8.02. The van der Waals surface area contributed by atoms with E-state index in [1.807, 2.05) is 6.92 Å². The fourth-order valence-electron chi connectivity index (χ4n) is 3.99. The number of amides is 1. The first-order chi connectivity index (χ1) is 15.0. The van der Waals surface area contributed by atoms with Crippen LogP contribution in [0.1, 0.15) is 59.3 Å². The lowest BCUT2D eigenvalue weighted by Crippen LogP contribution is -2.42. The van der Waals surface area contributed by atoms with Crippen molar-refractivity contribution in [2.75, 3.05) is 13.6 Å². The molecule has 0 aromatic heterocycles. The van der Waals surface area contributed by atoms with Gasteiger partial charge in [-0.05, 0) is 54.3 Å². The normalized spacial score (nSPS) is 21.7. The monoisotopic (exact) mass is 488 g/mol. The van der Waals surface area contributed by atoms with E-state index in [0.29, 0.717) is 23.2 Å². The van der Waals surface area contributed by atoms with Crippen molar-refractivity contribution in [3.63, 3.8) is 0 Å². The summed E-state index contributed by atoms with van der Waals surface area (Å²) in [6.07, 6.45) is -3.26. The topological polar surface area (TPSA) is 41.6 Å². The van der Waals surface area contributed by atoms with Gasteiger partial charge in [0, 0.05) is 35.6 Å². The molecule has 1 N–H and O–H groups in total. The molecule has 1 aliphatic heterocycles. The van der Waals surface area contributed by atoms with Crippen LogP contribution in [0.25, 0.3) is 0 Å². The molecule has 0 radical (unpaired) electrons. The van der Waals surface area contributed by atoms with E-state index in [-0.39, 0.29) is 27.9 Å². The quantitative estimate of drug-likeness (QED) is 0.465. The Labute approximate surface area is 195 Å². The van der Waals surface area contributed by atoms with Crippen molar-refractivity contribution in [2.24, 2.45) is 0 Å². The first-order valence-corrected chi connectivity index (χ1v) is 11.1. The van der Waals surface area contributed by atoms with E-state index in [1.165, 1.54) is 30.3 Å². The molecule has 2 aromatic rings. The maximum atomic E-state index is 14.3. The van der Waals surface area contributed by atoms with Gasteiger partial charge < -0.3 is 5.32 Å². The zero-order valence-corrected chi connectivity index (χ0v) is 19.5. The van der Waals surface area contributed by atoms with Crippen LogP contribution in [0, 0.1) is 6.92 Å². The summed E-state index contributed by atoms with van der Waals surface area (Å²) in [5.41, 5.74) is -0.949. The molecule has 1 amide bonds. The molecule has 2 atom stereocenters. The largest absolute Gasteiger partial charge is 0.423 e. The fraction of sp³-hybridized carbons (Fsp3) is 0.435. The summed E-state index contributed by atoms with van der Waals surface area (Å²) in [6, 6.07) is 8.19. The zero-order valence-electron chi connectivity index (χ0n) is 18.0. The van der Waals surface area contributed by atoms with Crippen molar-refractivity contribution >= 4 is 29.1 Å². The number of nitrogens with one attached hydrogen (secondary N) is 1.